The van der Waals surface area contributed by atoms with E-state index in [4.69, 9.17) is 5.73 Å². The predicted octanol–water partition coefficient (Wildman–Crippen LogP) is 0.888. The van der Waals surface area contributed by atoms with E-state index in [1.54, 1.807) is 0 Å². The van der Waals surface area contributed by atoms with E-state index < -0.39 is 10.0 Å². The first kappa shape index (κ1) is 14.5. The molecule has 5 nitrogen and oxygen atoms in total. The Bertz CT molecular complexity index is 589. The van der Waals surface area contributed by atoms with E-state index in [0.717, 1.165) is 42.9 Å². The van der Waals surface area contributed by atoms with Crippen LogP contribution in [0.1, 0.15) is 23.3 Å². The van der Waals surface area contributed by atoms with Gasteiger partial charge in [-0.1, -0.05) is 0 Å². The first-order valence-corrected chi connectivity index (χ1v) is 9.39. The number of nitrogens with zero attached hydrogens (tertiary/aromatic N) is 1. The third-order valence-electron chi connectivity index (χ3n) is 4.41. The van der Waals surface area contributed by atoms with Gasteiger partial charge in [0.15, 0.2) is 0 Å². The lowest BCUT2D eigenvalue weighted by Crippen LogP contribution is -2.57. The van der Waals surface area contributed by atoms with Gasteiger partial charge in [-0.2, -0.15) is 0 Å². The lowest BCUT2D eigenvalue weighted by molar-refractivity contribution is 0.0827. The zero-order valence-electron chi connectivity index (χ0n) is 11.6. The van der Waals surface area contributed by atoms with Crippen molar-refractivity contribution in [1.29, 1.82) is 0 Å². The number of thiophene rings is 1. The summed E-state index contributed by atoms with van der Waals surface area (Å²) in [5.74, 6) is 0.482. The molecule has 4 heterocycles. The van der Waals surface area contributed by atoms with Crippen molar-refractivity contribution < 1.29 is 8.42 Å². The average Bonchev–Trinajstić information content (AvgIpc) is 2.81. The Morgan fingerprint density at radius 1 is 1.45 bits per heavy atom. The van der Waals surface area contributed by atoms with Crippen molar-refractivity contribution in [3.05, 3.63) is 15.8 Å². The van der Waals surface area contributed by atoms with Gasteiger partial charge in [0.1, 0.15) is 4.90 Å². The van der Waals surface area contributed by atoms with E-state index in [-0.39, 0.29) is 12.6 Å². The number of nitrogens with one attached hydrogen (secondary N) is 1. The standard InChI is InChI=1S/C13H21N3O2S2/c1-9-8-19-12(6-14)13(9)20(17,18)15-11-7-16-4-2-10(11)3-5-16/h8,10-11,15H,2-7,14H2,1H3. The highest BCUT2D eigenvalue weighted by molar-refractivity contribution is 7.89. The molecule has 20 heavy (non-hydrogen) atoms. The van der Waals surface area contributed by atoms with Gasteiger partial charge in [-0.25, -0.2) is 13.1 Å². The molecule has 1 atom stereocenters. The number of hydrogen-bond acceptors (Lipinski definition) is 5. The van der Waals surface area contributed by atoms with Crippen LogP contribution in [0.2, 0.25) is 0 Å². The van der Waals surface area contributed by atoms with Crippen molar-refractivity contribution in [3.8, 4) is 0 Å². The number of aryl methyl sites for hydroxylation is 1. The van der Waals surface area contributed by atoms with Gasteiger partial charge in [-0.15, -0.1) is 11.3 Å². The quantitative estimate of drug-likeness (QED) is 0.865. The maximum absolute atomic E-state index is 12.7. The molecular formula is C13H21N3O2S2. The number of nitrogens with two attached hydrogens (primary N) is 1. The van der Waals surface area contributed by atoms with E-state index in [1.165, 1.54) is 11.3 Å². The van der Waals surface area contributed by atoms with E-state index in [0.29, 0.717) is 10.8 Å². The van der Waals surface area contributed by atoms with Crippen LogP contribution >= 0.6 is 11.3 Å². The minimum absolute atomic E-state index is 0.0485. The van der Waals surface area contributed by atoms with Crippen LogP contribution in [-0.2, 0) is 16.6 Å². The van der Waals surface area contributed by atoms with Crippen molar-refractivity contribution in [2.24, 2.45) is 11.7 Å². The van der Waals surface area contributed by atoms with Gasteiger partial charge in [0.05, 0.1) is 0 Å². The Morgan fingerprint density at radius 2 is 2.15 bits per heavy atom. The molecule has 0 aliphatic carbocycles. The maximum Gasteiger partial charge on any atom is 0.242 e. The fourth-order valence-electron chi connectivity index (χ4n) is 3.35. The molecule has 0 spiro atoms. The third-order valence-corrected chi connectivity index (χ3v) is 7.38. The van der Waals surface area contributed by atoms with E-state index in [2.05, 4.69) is 9.62 Å². The molecule has 2 bridgehead atoms. The van der Waals surface area contributed by atoms with Gasteiger partial charge in [-0.05, 0) is 49.7 Å². The molecule has 3 N–H and O–H groups in total. The summed E-state index contributed by atoms with van der Waals surface area (Å²) in [6.45, 7) is 5.16. The SMILES string of the molecule is Cc1csc(CN)c1S(=O)(=O)NC1CN2CCC1CC2. The molecule has 0 saturated carbocycles. The van der Waals surface area contributed by atoms with Crippen molar-refractivity contribution in [2.45, 2.75) is 37.2 Å². The first-order chi connectivity index (χ1) is 9.51. The minimum atomic E-state index is -3.46. The maximum atomic E-state index is 12.7. The van der Waals surface area contributed by atoms with Crippen molar-refractivity contribution in [1.82, 2.24) is 9.62 Å². The Labute approximate surface area is 124 Å². The second-order valence-electron chi connectivity index (χ2n) is 5.74. The largest absolute Gasteiger partial charge is 0.326 e. The van der Waals surface area contributed by atoms with Crippen molar-refractivity contribution >= 4 is 21.4 Å². The third kappa shape index (κ3) is 2.53. The second-order valence-corrected chi connectivity index (χ2v) is 8.36. The molecular weight excluding hydrogens is 294 g/mol. The molecule has 3 saturated heterocycles. The number of sulfonamides is 1. The molecule has 0 radical (unpaired) electrons. The number of hydrogen-bond donors (Lipinski definition) is 2. The molecule has 3 fully saturated rings. The smallest absolute Gasteiger partial charge is 0.242 e. The summed E-state index contributed by atoms with van der Waals surface area (Å²) < 4.78 is 28.2. The summed E-state index contributed by atoms with van der Waals surface area (Å²) >= 11 is 1.43. The minimum Gasteiger partial charge on any atom is -0.326 e. The van der Waals surface area contributed by atoms with Crippen LogP contribution in [0.5, 0.6) is 0 Å². The zero-order chi connectivity index (χ0) is 14.3. The lowest BCUT2D eigenvalue weighted by atomic mass is 9.85. The lowest BCUT2D eigenvalue weighted by Gasteiger charge is -2.44. The molecule has 0 aromatic carbocycles. The Kier molecular flexibility index (Phi) is 3.89. The fraction of sp³-hybridized carbons (Fsp3) is 0.692. The Hall–Kier alpha value is -0.470. The molecule has 1 aromatic rings. The monoisotopic (exact) mass is 315 g/mol. The van der Waals surface area contributed by atoms with Crippen LogP contribution in [0.25, 0.3) is 0 Å². The van der Waals surface area contributed by atoms with Gasteiger partial charge >= 0.3 is 0 Å². The van der Waals surface area contributed by atoms with Crippen LogP contribution in [-0.4, -0.2) is 39.0 Å². The molecule has 3 aliphatic rings. The average molecular weight is 315 g/mol. The number of rotatable bonds is 4. The highest BCUT2D eigenvalue weighted by Gasteiger charge is 2.37. The molecule has 1 unspecified atom stereocenters. The summed E-state index contributed by atoms with van der Waals surface area (Å²) in [5.41, 5.74) is 6.46. The number of fused-ring (bicyclic) bond motifs is 3. The predicted molar refractivity (Wildman–Crippen MR) is 80.2 cm³/mol. The van der Waals surface area contributed by atoms with E-state index in [1.807, 2.05) is 12.3 Å². The molecule has 1 aromatic heterocycles. The zero-order valence-corrected chi connectivity index (χ0v) is 13.3. The fourth-order valence-corrected chi connectivity index (χ4v) is 6.34. The highest BCUT2D eigenvalue weighted by Crippen LogP contribution is 2.31. The van der Waals surface area contributed by atoms with Gasteiger partial charge in [-0.3, -0.25) is 0 Å². The molecule has 7 heteroatoms. The highest BCUT2D eigenvalue weighted by atomic mass is 32.2. The van der Waals surface area contributed by atoms with Crippen LogP contribution < -0.4 is 10.5 Å². The van der Waals surface area contributed by atoms with Crippen LogP contribution in [0, 0.1) is 12.8 Å². The summed E-state index contributed by atoms with van der Waals surface area (Å²) in [6, 6.07) is 0.0485. The first-order valence-electron chi connectivity index (χ1n) is 7.03. The van der Waals surface area contributed by atoms with Gasteiger partial charge < -0.3 is 10.6 Å². The summed E-state index contributed by atoms with van der Waals surface area (Å²) in [4.78, 5) is 3.50. The van der Waals surface area contributed by atoms with Crippen LogP contribution in [0.4, 0.5) is 0 Å². The molecule has 4 rings (SSSR count). The molecule has 3 aliphatic heterocycles. The second kappa shape index (κ2) is 5.38. The Balaban J connectivity index is 1.84. The van der Waals surface area contributed by atoms with Gasteiger partial charge in [0.2, 0.25) is 10.0 Å². The van der Waals surface area contributed by atoms with Crippen LogP contribution in [0.15, 0.2) is 10.3 Å². The Morgan fingerprint density at radius 3 is 2.70 bits per heavy atom. The van der Waals surface area contributed by atoms with Gasteiger partial charge in [0.25, 0.3) is 0 Å². The summed E-state index contributed by atoms with van der Waals surface area (Å²) in [5, 5.41) is 1.87. The van der Waals surface area contributed by atoms with E-state index in [9.17, 15) is 8.42 Å². The number of piperidine rings is 3. The van der Waals surface area contributed by atoms with Gasteiger partial charge in [0, 0.05) is 24.0 Å². The molecule has 0 amide bonds. The van der Waals surface area contributed by atoms with Crippen molar-refractivity contribution in [2.75, 3.05) is 19.6 Å². The van der Waals surface area contributed by atoms with E-state index >= 15 is 0 Å². The molecule has 112 valence electrons. The summed E-state index contributed by atoms with van der Waals surface area (Å²) in [6.07, 6.45) is 2.19. The topological polar surface area (TPSA) is 75.4 Å². The van der Waals surface area contributed by atoms with Crippen molar-refractivity contribution in [3.63, 3.8) is 0 Å². The normalized spacial score (nSPS) is 29.8. The van der Waals surface area contributed by atoms with Crippen LogP contribution in [0.3, 0.4) is 0 Å². The summed E-state index contributed by atoms with van der Waals surface area (Å²) in [7, 11) is -3.46.